The van der Waals surface area contributed by atoms with Crippen LogP contribution < -0.4 is 10.6 Å². The SMILES string of the molecule is C[C@@H](NC(=O)c1c(NC(=O)c2ccco2)sc2c1CC[C@@H](C(C)(C)C)C2)c1ccccc1. The van der Waals surface area contributed by atoms with E-state index in [0.717, 1.165) is 30.4 Å². The molecule has 2 heterocycles. The van der Waals surface area contributed by atoms with Gasteiger partial charge < -0.3 is 15.1 Å². The lowest BCUT2D eigenvalue weighted by Crippen LogP contribution is -2.30. The van der Waals surface area contributed by atoms with Crippen molar-refractivity contribution in [2.75, 3.05) is 5.32 Å². The summed E-state index contributed by atoms with van der Waals surface area (Å²) in [5.74, 6) is 0.281. The molecule has 0 radical (unpaired) electrons. The summed E-state index contributed by atoms with van der Waals surface area (Å²) in [6, 6.07) is 13.1. The quantitative estimate of drug-likeness (QED) is 0.484. The molecule has 0 saturated carbocycles. The maximum absolute atomic E-state index is 13.4. The van der Waals surface area contributed by atoms with Gasteiger partial charge in [-0.2, -0.15) is 0 Å². The molecule has 0 fully saturated rings. The Morgan fingerprint density at radius 1 is 1.09 bits per heavy atom. The van der Waals surface area contributed by atoms with Crippen LogP contribution in [-0.2, 0) is 12.8 Å². The highest BCUT2D eigenvalue weighted by Crippen LogP contribution is 2.44. The maximum Gasteiger partial charge on any atom is 0.291 e. The fourth-order valence-corrected chi connectivity index (χ4v) is 5.64. The van der Waals surface area contributed by atoms with Gasteiger partial charge in [0.15, 0.2) is 5.76 Å². The van der Waals surface area contributed by atoms with Gasteiger partial charge in [0.05, 0.1) is 17.9 Å². The zero-order valence-electron chi connectivity index (χ0n) is 19.0. The van der Waals surface area contributed by atoms with Gasteiger partial charge >= 0.3 is 0 Å². The first-order valence-corrected chi connectivity index (χ1v) is 11.9. The van der Waals surface area contributed by atoms with Gasteiger partial charge in [-0.1, -0.05) is 51.1 Å². The fourth-order valence-electron chi connectivity index (χ4n) is 4.32. The van der Waals surface area contributed by atoms with Gasteiger partial charge in [-0.3, -0.25) is 9.59 Å². The van der Waals surface area contributed by atoms with Crippen molar-refractivity contribution >= 4 is 28.2 Å². The van der Waals surface area contributed by atoms with Crippen molar-refractivity contribution < 1.29 is 14.0 Å². The van der Waals surface area contributed by atoms with Crippen molar-refractivity contribution in [1.29, 1.82) is 0 Å². The van der Waals surface area contributed by atoms with Crippen LogP contribution in [0.2, 0.25) is 0 Å². The van der Waals surface area contributed by atoms with E-state index < -0.39 is 0 Å². The van der Waals surface area contributed by atoms with Crippen molar-refractivity contribution in [1.82, 2.24) is 5.32 Å². The first-order valence-electron chi connectivity index (χ1n) is 11.1. The molecule has 6 heteroatoms. The van der Waals surface area contributed by atoms with Crippen LogP contribution in [0, 0.1) is 11.3 Å². The Kier molecular flexibility index (Phi) is 6.24. The summed E-state index contributed by atoms with van der Waals surface area (Å²) in [6.45, 7) is 8.78. The van der Waals surface area contributed by atoms with E-state index in [1.54, 1.807) is 12.1 Å². The Bertz CT molecular complexity index is 1090. The lowest BCUT2D eigenvalue weighted by Gasteiger charge is -2.34. The van der Waals surface area contributed by atoms with Gasteiger partial charge in [0, 0.05) is 4.88 Å². The molecule has 3 aromatic rings. The van der Waals surface area contributed by atoms with E-state index in [-0.39, 0.29) is 29.0 Å². The molecule has 5 nitrogen and oxygen atoms in total. The Morgan fingerprint density at radius 2 is 1.84 bits per heavy atom. The number of thiophene rings is 1. The van der Waals surface area contributed by atoms with Gasteiger partial charge in [-0.05, 0) is 60.8 Å². The van der Waals surface area contributed by atoms with Gasteiger partial charge in [0.2, 0.25) is 0 Å². The highest BCUT2D eigenvalue weighted by molar-refractivity contribution is 7.17. The van der Waals surface area contributed by atoms with Crippen molar-refractivity contribution in [3.05, 3.63) is 76.1 Å². The number of anilines is 1. The number of carbonyl (C=O) groups is 2. The third-order valence-corrected chi connectivity index (χ3v) is 7.51. The van der Waals surface area contributed by atoms with Crippen LogP contribution in [-0.4, -0.2) is 11.8 Å². The minimum absolute atomic E-state index is 0.140. The minimum Gasteiger partial charge on any atom is -0.459 e. The molecular weight excluding hydrogens is 420 g/mol. The van der Waals surface area contributed by atoms with E-state index in [4.69, 9.17) is 4.42 Å². The third kappa shape index (κ3) is 4.65. The molecule has 1 aromatic carbocycles. The summed E-state index contributed by atoms with van der Waals surface area (Å²) >= 11 is 1.52. The lowest BCUT2D eigenvalue weighted by atomic mass is 9.72. The summed E-state index contributed by atoms with van der Waals surface area (Å²) < 4.78 is 5.25. The number of hydrogen-bond acceptors (Lipinski definition) is 4. The number of hydrogen-bond donors (Lipinski definition) is 2. The smallest absolute Gasteiger partial charge is 0.291 e. The lowest BCUT2D eigenvalue weighted by molar-refractivity contribution is 0.0939. The van der Waals surface area contributed by atoms with Crippen LogP contribution in [0.4, 0.5) is 5.00 Å². The molecule has 0 saturated heterocycles. The average Bonchev–Trinajstić information content (AvgIpc) is 3.41. The second-order valence-electron chi connectivity index (χ2n) is 9.55. The van der Waals surface area contributed by atoms with Crippen LogP contribution in [0.5, 0.6) is 0 Å². The fraction of sp³-hybridized carbons (Fsp3) is 0.385. The molecule has 0 aliphatic heterocycles. The second-order valence-corrected chi connectivity index (χ2v) is 10.7. The largest absolute Gasteiger partial charge is 0.459 e. The Balaban J connectivity index is 1.65. The van der Waals surface area contributed by atoms with E-state index in [9.17, 15) is 9.59 Å². The molecule has 0 spiro atoms. The molecule has 2 atom stereocenters. The van der Waals surface area contributed by atoms with Crippen LogP contribution in [0.15, 0.2) is 53.1 Å². The van der Waals surface area contributed by atoms with Crippen LogP contribution in [0.25, 0.3) is 0 Å². The number of fused-ring (bicyclic) bond motifs is 1. The molecule has 0 unspecified atom stereocenters. The number of nitrogens with one attached hydrogen (secondary N) is 2. The average molecular weight is 451 g/mol. The Hall–Kier alpha value is -2.86. The monoisotopic (exact) mass is 450 g/mol. The molecule has 1 aliphatic rings. The van der Waals surface area contributed by atoms with Crippen LogP contribution in [0.1, 0.15) is 77.1 Å². The summed E-state index contributed by atoms with van der Waals surface area (Å²) in [6.07, 6.45) is 4.27. The zero-order valence-corrected chi connectivity index (χ0v) is 19.8. The highest BCUT2D eigenvalue weighted by atomic mass is 32.1. The molecule has 2 aromatic heterocycles. The van der Waals surface area contributed by atoms with Crippen molar-refractivity contribution in [3.8, 4) is 0 Å². The highest BCUT2D eigenvalue weighted by Gasteiger charge is 2.34. The predicted molar refractivity (Wildman–Crippen MR) is 128 cm³/mol. The molecule has 1 aliphatic carbocycles. The first kappa shape index (κ1) is 22.3. The van der Waals surface area contributed by atoms with Gasteiger partial charge in [-0.15, -0.1) is 11.3 Å². The topological polar surface area (TPSA) is 71.3 Å². The molecule has 2 N–H and O–H groups in total. The summed E-state index contributed by atoms with van der Waals surface area (Å²) in [4.78, 5) is 27.3. The predicted octanol–water partition coefficient (Wildman–Crippen LogP) is 6.24. The van der Waals surface area contributed by atoms with E-state index in [0.29, 0.717) is 16.5 Å². The number of rotatable bonds is 5. The number of carbonyl (C=O) groups excluding carboxylic acids is 2. The third-order valence-electron chi connectivity index (χ3n) is 6.34. The van der Waals surface area contributed by atoms with E-state index in [2.05, 4.69) is 31.4 Å². The molecule has 168 valence electrons. The van der Waals surface area contributed by atoms with Crippen molar-refractivity contribution in [2.24, 2.45) is 11.3 Å². The standard InChI is InChI=1S/C26H30N2O3S/c1-16(17-9-6-5-7-10-17)27-24(30)22-19-13-12-18(26(2,3)4)15-21(19)32-25(22)28-23(29)20-11-8-14-31-20/h5-11,14,16,18H,12-13,15H2,1-4H3,(H,27,30)(H,28,29)/t16-,18-/m1/s1. The Morgan fingerprint density at radius 3 is 2.50 bits per heavy atom. The van der Waals surface area contributed by atoms with Gasteiger partial charge in [0.1, 0.15) is 5.00 Å². The van der Waals surface area contributed by atoms with Crippen LogP contribution in [0.3, 0.4) is 0 Å². The van der Waals surface area contributed by atoms with E-state index >= 15 is 0 Å². The molecule has 2 amide bonds. The Labute approximate surface area is 193 Å². The first-order chi connectivity index (χ1) is 15.2. The molecule has 0 bridgehead atoms. The molecule has 32 heavy (non-hydrogen) atoms. The molecule has 4 rings (SSSR count). The number of benzene rings is 1. The van der Waals surface area contributed by atoms with E-state index in [1.165, 1.54) is 22.5 Å². The van der Waals surface area contributed by atoms with Crippen molar-refractivity contribution in [2.45, 2.75) is 53.0 Å². The second kappa shape index (κ2) is 8.94. The summed E-state index contributed by atoms with van der Waals surface area (Å²) in [5.41, 5.74) is 2.91. The summed E-state index contributed by atoms with van der Waals surface area (Å²) in [5, 5.41) is 6.67. The maximum atomic E-state index is 13.4. The summed E-state index contributed by atoms with van der Waals surface area (Å²) in [7, 11) is 0. The van der Waals surface area contributed by atoms with Gasteiger partial charge in [0.25, 0.3) is 11.8 Å². The zero-order chi connectivity index (χ0) is 22.9. The van der Waals surface area contributed by atoms with Crippen LogP contribution >= 0.6 is 11.3 Å². The van der Waals surface area contributed by atoms with Crippen molar-refractivity contribution in [3.63, 3.8) is 0 Å². The number of furan rings is 1. The normalized spacial score (nSPS) is 16.8. The number of amides is 2. The van der Waals surface area contributed by atoms with Gasteiger partial charge in [-0.25, -0.2) is 0 Å². The molecular formula is C26H30N2O3S. The van der Waals surface area contributed by atoms with E-state index in [1.807, 2.05) is 37.3 Å². The minimum atomic E-state index is -0.342.